The summed E-state index contributed by atoms with van der Waals surface area (Å²) in [5.41, 5.74) is -0.717. The molecule has 1 aromatic heterocycles. The summed E-state index contributed by atoms with van der Waals surface area (Å²) in [5, 5.41) is 0.879. The molecule has 154 valence electrons. The zero-order chi connectivity index (χ0) is 21.6. The van der Waals surface area contributed by atoms with Crippen molar-refractivity contribution in [3.05, 3.63) is 56.9 Å². The van der Waals surface area contributed by atoms with Gasteiger partial charge in [-0.05, 0) is 24.3 Å². The number of carbonyl (C=O) groups excluding carboxylic acids is 1. The van der Waals surface area contributed by atoms with Gasteiger partial charge in [-0.1, -0.05) is 11.6 Å². The lowest BCUT2D eigenvalue weighted by Gasteiger charge is -2.23. The van der Waals surface area contributed by atoms with Gasteiger partial charge in [-0.25, -0.2) is 13.7 Å². The fourth-order valence-corrected chi connectivity index (χ4v) is 4.06. The van der Waals surface area contributed by atoms with E-state index < -0.39 is 38.8 Å². The zero-order valence-corrected chi connectivity index (χ0v) is 16.5. The van der Waals surface area contributed by atoms with Gasteiger partial charge in [-0.2, -0.15) is 21.6 Å². The first-order valence-corrected chi connectivity index (χ1v) is 10.1. The predicted octanol–water partition coefficient (Wildman–Crippen LogP) is 3.46. The summed E-state index contributed by atoms with van der Waals surface area (Å²) in [6.45, 7) is 0. The van der Waals surface area contributed by atoms with Crippen LogP contribution in [0.4, 0.5) is 23.2 Å². The fourth-order valence-electron chi connectivity index (χ4n) is 2.17. The van der Waals surface area contributed by atoms with E-state index in [9.17, 15) is 30.8 Å². The van der Waals surface area contributed by atoms with Crippen molar-refractivity contribution < 1.29 is 30.8 Å². The first-order valence-electron chi connectivity index (χ1n) is 7.49. The number of anilines is 1. The van der Waals surface area contributed by atoms with Crippen LogP contribution in [0.25, 0.3) is 0 Å². The molecule has 29 heavy (non-hydrogen) atoms. The van der Waals surface area contributed by atoms with Gasteiger partial charge in [-0.3, -0.25) is 4.79 Å². The molecule has 0 radical (unpaired) electrons. The van der Waals surface area contributed by atoms with Crippen LogP contribution < -0.4 is 5.32 Å². The number of halogens is 5. The van der Waals surface area contributed by atoms with Gasteiger partial charge in [-0.15, -0.1) is 15.7 Å². The molecule has 0 saturated heterocycles. The number of likely N-dealkylation sites (N-methyl/N-ethyl adjacent to an activating group) is 1. The SMILES string of the molecule is CN1C(C(=O)Nc2ccc(F)c(Cl)c2)=CC(c2cnc(C(F)(F)F)s2)=NS1(=O)=O. The smallest absolute Gasteiger partial charge is 0.321 e. The Kier molecular flexibility index (Phi) is 5.40. The summed E-state index contributed by atoms with van der Waals surface area (Å²) in [6.07, 6.45) is -2.88. The number of allylic oxidation sites excluding steroid dienone is 1. The standard InChI is InChI=1S/C15H9ClF4N4O3S2/c1-24-11(13(25)22-7-2-3-9(17)8(16)4-7)5-10(23-29(24,26)27)12-6-21-14(28-12)15(18,19)20/h2-6H,1H3,(H,22,25). The molecular formula is C15H9ClF4N4O3S2. The number of rotatable bonds is 3. The summed E-state index contributed by atoms with van der Waals surface area (Å²) in [4.78, 5) is 15.6. The van der Waals surface area contributed by atoms with Crippen LogP contribution in [0.5, 0.6) is 0 Å². The van der Waals surface area contributed by atoms with E-state index in [2.05, 4.69) is 14.7 Å². The number of hydrogen-bond acceptors (Lipinski definition) is 5. The Hall–Kier alpha value is -2.51. The maximum Gasteiger partial charge on any atom is 0.443 e. The number of nitrogens with one attached hydrogen (secondary N) is 1. The van der Waals surface area contributed by atoms with Gasteiger partial charge in [0.15, 0.2) is 5.01 Å². The second-order valence-corrected chi connectivity index (χ2v) is 8.63. The third-order valence-electron chi connectivity index (χ3n) is 3.58. The van der Waals surface area contributed by atoms with Gasteiger partial charge < -0.3 is 5.32 Å². The molecule has 2 aromatic rings. The molecule has 0 saturated carbocycles. The van der Waals surface area contributed by atoms with Gasteiger partial charge in [0.1, 0.15) is 11.5 Å². The first-order chi connectivity index (χ1) is 13.4. The predicted molar refractivity (Wildman–Crippen MR) is 98.5 cm³/mol. The minimum atomic E-state index is -4.71. The molecule has 1 amide bonds. The third-order valence-corrected chi connectivity index (χ3v) is 6.25. The van der Waals surface area contributed by atoms with Crippen molar-refractivity contribution in [3.8, 4) is 0 Å². The number of amides is 1. The molecule has 1 aliphatic heterocycles. The van der Waals surface area contributed by atoms with E-state index in [4.69, 9.17) is 11.6 Å². The van der Waals surface area contributed by atoms with Crippen LogP contribution in [0.3, 0.4) is 0 Å². The average molecular weight is 469 g/mol. The van der Waals surface area contributed by atoms with Crippen LogP contribution in [0.15, 0.2) is 40.6 Å². The lowest BCUT2D eigenvalue weighted by Crippen LogP contribution is -2.35. The molecule has 0 aliphatic carbocycles. The Morgan fingerprint density at radius 1 is 1.31 bits per heavy atom. The number of alkyl halides is 3. The highest BCUT2D eigenvalue weighted by Crippen LogP contribution is 2.33. The van der Waals surface area contributed by atoms with E-state index in [1.165, 1.54) is 6.07 Å². The molecule has 0 spiro atoms. The lowest BCUT2D eigenvalue weighted by atomic mass is 10.2. The van der Waals surface area contributed by atoms with E-state index in [0.29, 0.717) is 4.31 Å². The molecule has 3 rings (SSSR count). The van der Waals surface area contributed by atoms with Gasteiger partial charge in [0, 0.05) is 18.9 Å². The molecule has 1 N–H and O–H groups in total. The van der Waals surface area contributed by atoms with Crippen LogP contribution >= 0.6 is 22.9 Å². The van der Waals surface area contributed by atoms with Crippen LogP contribution in [0.2, 0.25) is 5.02 Å². The second kappa shape index (κ2) is 7.39. The van der Waals surface area contributed by atoms with Crippen molar-refractivity contribution in [1.82, 2.24) is 9.29 Å². The molecule has 1 aromatic carbocycles. The highest BCUT2D eigenvalue weighted by Gasteiger charge is 2.36. The van der Waals surface area contributed by atoms with Crippen molar-refractivity contribution in [1.29, 1.82) is 0 Å². The minimum Gasteiger partial charge on any atom is -0.321 e. The monoisotopic (exact) mass is 468 g/mol. The Morgan fingerprint density at radius 2 is 2.00 bits per heavy atom. The van der Waals surface area contributed by atoms with Crippen LogP contribution in [-0.4, -0.2) is 36.4 Å². The lowest BCUT2D eigenvalue weighted by molar-refractivity contribution is -0.137. The highest BCUT2D eigenvalue weighted by molar-refractivity contribution is 7.88. The maximum atomic E-state index is 13.2. The summed E-state index contributed by atoms with van der Waals surface area (Å²) >= 11 is 5.82. The zero-order valence-electron chi connectivity index (χ0n) is 14.2. The minimum absolute atomic E-state index is 0.0781. The van der Waals surface area contributed by atoms with Crippen LogP contribution in [0, 0.1) is 5.82 Å². The third kappa shape index (κ3) is 4.41. The Bertz CT molecular complexity index is 1160. The maximum absolute atomic E-state index is 13.2. The van der Waals surface area contributed by atoms with Gasteiger partial charge in [0.05, 0.1) is 15.6 Å². The summed E-state index contributed by atoms with van der Waals surface area (Å²) in [6, 6.07) is 3.31. The van der Waals surface area contributed by atoms with Gasteiger partial charge >= 0.3 is 16.4 Å². The first kappa shape index (κ1) is 21.2. The highest BCUT2D eigenvalue weighted by atomic mass is 35.5. The molecule has 1 aliphatic rings. The molecule has 7 nitrogen and oxygen atoms in total. The topological polar surface area (TPSA) is 91.7 Å². The van der Waals surface area contributed by atoms with Crippen molar-refractivity contribution in [3.63, 3.8) is 0 Å². The quantitative estimate of drug-likeness (QED) is 0.698. The van der Waals surface area contributed by atoms with Crippen molar-refractivity contribution in [2.45, 2.75) is 6.18 Å². The molecule has 0 unspecified atom stereocenters. The molecular weight excluding hydrogens is 460 g/mol. The second-order valence-electron chi connectivity index (χ2n) is 5.56. The molecule has 2 heterocycles. The average Bonchev–Trinajstić information content (AvgIpc) is 3.11. The molecule has 14 heteroatoms. The largest absolute Gasteiger partial charge is 0.443 e. The Morgan fingerprint density at radius 3 is 2.59 bits per heavy atom. The summed E-state index contributed by atoms with van der Waals surface area (Å²) < 4.78 is 80.0. The fraction of sp³-hybridized carbons (Fsp3) is 0.133. The van der Waals surface area contributed by atoms with Crippen LogP contribution in [-0.2, 0) is 21.2 Å². The Balaban J connectivity index is 1.96. The van der Waals surface area contributed by atoms with E-state index in [1.807, 2.05) is 0 Å². The van der Waals surface area contributed by atoms with E-state index in [-0.39, 0.29) is 32.6 Å². The number of aromatic nitrogens is 1. The van der Waals surface area contributed by atoms with E-state index in [0.717, 1.165) is 31.5 Å². The van der Waals surface area contributed by atoms with E-state index >= 15 is 0 Å². The number of hydrogen-bond donors (Lipinski definition) is 1. The number of nitrogens with zero attached hydrogens (tertiary/aromatic N) is 3. The Labute approximate surface area is 170 Å². The van der Waals surface area contributed by atoms with Crippen molar-refractivity contribution in [2.24, 2.45) is 4.40 Å². The van der Waals surface area contributed by atoms with Crippen molar-refractivity contribution >= 4 is 50.5 Å². The molecule has 0 bridgehead atoms. The van der Waals surface area contributed by atoms with Crippen molar-refractivity contribution in [2.75, 3.05) is 12.4 Å². The van der Waals surface area contributed by atoms with Crippen LogP contribution in [0.1, 0.15) is 9.88 Å². The van der Waals surface area contributed by atoms with E-state index in [1.54, 1.807) is 0 Å². The summed E-state index contributed by atoms with van der Waals surface area (Å²) in [7, 11) is -3.33. The number of carbonyl (C=O) groups is 1. The molecule has 0 atom stereocenters. The molecule has 0 fully saturated rings. The van der Waals surface area contributed by atoms with Gasteiger partial charge in [0.25, 0.3) is 5.91 Å². The summed E-state index contributed by atoms with van der Waals surface area (Å²) in [5.74, 6) is -1.65. The number of benzene rings is 1. The van der Waals surface area contributed by atoms with Gasteiger partial charge in [0.2, 0.25) is 0 Å². The number of thiazole rings is 1. The normalized spacial score (nSPS) is 16.3.